The molecule has 1 unspecified atom stereocenters. The maximum Gasteiger partial charge on any atom is 0.0700 e. The summed E-state index contributed by atoms with van der Waals surface area (Å²) in [5, 5.41) is 5.94. The fourth-order valence-corrected chi connectivity index (χ4v) is 2.48. The van der Waals surface area contributed by atoms with E-state index in [4.69, 9.17) is 4.74 Å². The number of aromatic nitrogens is 1. The molecule has 18 heavy (non-hydrogen) atoms. The van der Waals surface area contributed by atoms with E-state index in [2.05, 4.69) is 40.6 Å². The zero-order valence-corrected chi connectivity index (χ0v) is 10.4. The molecule has 1 N–H and O–H groups in total. The Bertz CT molecular complexity index is 515. The maximum atomic E-state index is 5.60. The number of ether oxygens (including phenoxy) is 1. The normalized spacial score (nSPS) is 19.4. The molecule has 94 valence electrons. The first-order valence-corrected chi connectivity index (χ1v) is 6.58. The molecular weight excluding hydrogens is 224 g/mol. The number of rotatable bonds is 4. The second-order valence-corrected chi connectivity index (χ2v) is 4.74. The van der Waals surface area contributed by atoms with Crippen LogP contribution in [0.1, 0.15) is 18.5 Å². The Balaban J connectivity index is 1.66. The van der Waals surface area contributed by atoms with Crippen LogP contribution in [0.5, 0.6) is 0 Å². The van der Waals surface area contributed by atoms with E-state index in [1.807, 2.05) is 6.20 Å². The topological polar surface area (TPSA) is 34.1 Å². The van der Waals surface area contributed by atoms with Crippen LogP contribution in [-0.2, 0) is 11.3 Å². The first kappa shape index (κ1) is 11.6. The highest BCUT2D eigenvalue weighted by atomic mass is 16.5. The first-order valence-electron chi connectivity index (χ1n) is 6.58. The Morgan fingerprint density at radius 2 is 2.22 bits per heavy atom. The molecule has 3 nitrogen and oxygen atoms in total. The number of benzene rings is 1. The van der Waals surface area contributed by atoms with Crippen molar-refractivity contribution in [3.8, 4) is 0 Å². The van der Waals surface area contributed by atoms with Crippen molar-refractivity contribution in [2.75, 3.05) is 13.2 Å². The summed E-state index contributed by atoms with van der Waals surface area (Å²) in [5.74, 6) is 0. The predicted molar refractivity (Wildman–Crippen MR) is 72.4 cm³/mol. The van der Waals surface area contributed by atoms with Crippen molar-refractivity contribution < 1.29 is 4.74 Å². The number of hydrogen-bond donors (Lipinski definition) is 1. The number of pyridine rings is 1. The van der Waals surface area contributed by atoms with Crippen molar-refractivity contribution >= 4 is 10.8 Å². The molecular formula is C15H18N2O. The largest absolute Gasteiger partial charge is 0.377 e. The Kier molecular flexibility index (Phi) is 3.53. The summed E-state index contributed by atoms with van der Waals surface area (Å²) < 4.78 is 5.60. The van der Waals surface area contributed by atoms with Crippen molar-refractivity contribution in [2.24, 2.45) is 0 Å². The first-order chi connectivity index (χ1) is 8.93. The van der Waals surface area contributed by atoms with Crippen LogP contribution in [0, 0.1) is 0 Å². The highest BCUT2D eigenvalue weighted by Crippen LogP contribution is 2.16. The fraction of sp³-hybridized carbons (Fsp3) is 0.400. The lowest BCUT2D eigenvalue weighted by molar-refractivity contribution is 0.110. The van der Waals surface area contributed by atoms with Gasteiger partial charge in [-0.25, -0.2) is 0 Å². The van der Waals surface area contributed by atoms with Crippen LogP contribution in [0.25, 0.3) is 10.8 Å². The van der Waals surface area contributed by atoms with Crippen molar-refractivity contribution in [3.05, 3.63) is 42.2 Å². The lowest BCUT2D eigenvalue weighted by Gasteiger charge is -2.11. The van der Waals surface area contributed by atoms with Gasteiger partial charge in [-0.2, -0.15) is 0 Å². The summed E-state index contributed by atoms with van der Waals surface area (Å²) in [4.78, 5) is 4.47. The SMILES string of the molecule is c1ccc2c(CNCC3CCCO3)nccc2c1. The number of hydrogen-bond acceptors (Lipinski definition) is 3. The molecule has 2 heterocycles. The summed E-state index contributed by atoms with van der Waals surface area (Å²) in [7, 11) is 0. The molecule has 0 spiro atoms. The maximum absolute atomic E-state index is 5.60. The van der Waals surface area contributed by atoms with E-state index in [9.17, 15) is 0 Å². The molecule has 1 fully saturated rings. The van der Waals surface area contributed by atoms with Gasteiger partial charge in [0.05, 0.1) is 11.8 Å². The van der Waals surface area contributed by atoms with Crippen LogP contribution in [0.15, 0.2) is 36.5 Å². The van der Waals surface area contributed by atoms with Crippen molar-refractivity contribution in [1.82, 2.24) is 10.3 Å². The number of fused-ring (bicyclic) bond motifs is 1. The van der Waals surface area contributed by atoms with Gasteiger partial charge >= 0.3 is 0 Å². The molecule has 1 aliphatic heterocycles. The van der Waals surface area contributed by atoms with E-state index < -0.39 is 0 Å². The number of nitrogens with one attached hydrogen (secondary N) is 1. The van der Waals surface area contributed by atoms with Gasteiger partial charge in [0, 0.05) is 31.3 Å². The van der Waals surface area contributed by atoms with E-state index >= 15 is 0 Å². The fourth-order valence-electron chi connectivity index (χ4n) is 2.48. The molecule has 1 atom stereocenters. The van der Waals surface area contributed by atoms with Crippen LogP contribution in [0.2, 0.25) is 0 Å². The highest BCUT2D eigenvalue weighted by molar-refractivity contribution is 5.84. The van der Waals surface area contributed by atoms with Gasteiger partial charge in [0.1, 0.15) is 0 Å². The van der Waals surface area contributed by atoms with Crippen LogP contribution < -0.4 is 5.32 Å². The minimum Gasteiger partial charge on any atom is -0.377 e. The van der Waals surface area contributed by atoms with E-state index in [0.717, 1.165) is 25.4 Å². The summed E-state index contributed by atoms with van der Waals surface area (Å²) in [6.07, 6.45) is 4.64. The Hall–Kier alpha value is -1.45. The summed E-state index contributed by atoms with van der Waals surface area (Å²) in [6.45, 7) is 2.64. The van der Waals surface area contributed by atoms with Gasteiger partial charge in [0.15, 0.2) is 0 Å². The van der Waals surface area contributed by atoms with Crippen LogP contribution in [-0.4, -0.2) is 24.2 Å². The molecule has 0 amide bonds. The average molecular weight is 242 g/mol. The third kappa shape index (κ3) is 2.52. The second kappa shape index (κ2) is 5.46. The second-order valence-electron chi connectivity index (χ2n) is 4.74. The summed E-state index contributed by atoms with van der Waals surface area (Å²) in [6, 6.07) is 10.4. The quantitative estimate of drug-likeness (QED) is 0.894. The zero-order valence-electron chi connectivity index (χ0n) is 10.4. The Morgan fingerprint density at radius 3 is 3.11 bits per heavy atom. The highest BCUT2D eigenvalue weighted by Gasteiger charge is 2.14. The molecule has 1 saturated heterocycles. The lowest BCUT2D eigenvalue weighted by atomic mass is 10.1. The average Bonchev–Trinajstić information content (AvgIpc) is 2.92. The third-order valence-electron chi connectivity index (χ3n) is 3.44. The van der Waals surface area contributed by atoms with E-state index in [0.29, 0.717) is 6.10 Å². The van der Waals surface area contributed by atoms with E-state index in [1.165, 1.54) is 23.6 Å². The molecule has 0 saturated carbocycles. The number of nitrogens with zero attached hydrogens (tertiary/aromatic N) is 1. The molecule has 1 aliphatic rings. The Labute approximate surface area is 107 Å². The molecule has 2 aromatic rings. The molecule has 0 radical (unpaired) electrons. The van der Waals surface area contributed by atoms with Gasteiger partial charge < -0.3 is 10.1 Å². The van der Waals surface area contributed by atoms with Gasteiger partial charge in [-0.05, 0) is 24.3 Å². The van der Waals surface area contributed by atoms with Crippen molar-refractivity contribution in [2.45, 2.75) is 25.5 Å². The molecule has 3 heteroatoms. The van der Waals surface area contributed by atoms with E-state index in [-0.39, 0.29) is 0 Å². The minimum absolute atomic E-state index is 0.389. The van der Waals surface area contributed by atoms with Crippen molar-refractivity contribution in [3.63, 3.8) is 0 Å². The smallest absolute Gasteiger partial charge is 0.0700 e. The minimum atomic E-state index is 0.389. The van der Waals surface area contributed by atoms with Crippen molar-refractivity contribution in [1.29, 1.82) is 0 Å². The summed E-state index contributed by atoms with van der Waals surface area (Å²) in [5.41, 5.74) is 1.12. The summed E-state index contributed by atoms with van der Waals surface area (Å²) >= 11 is 0. The standard InChI is InChI=1S/C15H18N2O/c1-2-6-14-12(4-1)7-8-17-15(14)11-16-10-13-5-3-9-18-13/h1-2,4,6-8,13,16H,3,5,9-11H2. The molecule has 1 aromatic heterocycles. The van der Waals surface area contributed by atoms with Crippen LogP contribution >= 0.6 is 0 Å². The molecule has 1 aromatic carbocycles. The third-order valence-corrected chi connectivity index (χ3v) is 3.44. The lowest BCUT2D eigenvalue weighted by Crippen LogP contribution is -2.26. The zero-order chi connectivity index (χ0) is 12.2. The molecule has 0 bridgehead atoms. The van der Waals surface area contributed by atoms with Gasteiger partial charge in [0.2, 0.25) is 0 Å². The van der Waals surface area contributed by atoms with Crippen LogP contribution in [0.4, 0.5) is 0 Å². The molecule has 0 aliphatic carbocycles. The van der Waals surface area contributed by atoms with Gasteiger partial charge in [-0.3, -0.25) is 4.98 Å². The monoisotopic (exact) mass is 242 g/mol. The van der Waals surface area contributed by atoms with Gasteiger partial charge in [-0.1, -0.05) is 24.3 Å². The Morgan fingerprint density at radius 1 is 1.28 bits per heavy atom. The van der Waals surface area contributed by atoms with Gasteiger partial charge in [-0.15, -0.1) is 0 Å². The molecule has 3 rings (SSSR count). The predicted octanol–water partition coefficient (Wildman–Crippen LogP) is 2.50. The van der Waals surface area contributed by atoms with Crippen LogP contribution in [0.3, 0.4) is 0 Å². The van der Waals surface area contributed by atoms with E-state index in [1.54, 1.807) is 0 Å². The van der Waals surface area contributed by atoms with Gasteiger partial charge in [0.25, 0.3) is 0 Å².